The minimum atomic E-state index is -3.68. The predicted octanol–water partition coefficient (Wildman–Crippen LogP) is 2.06. The highest BCUT2D eigenvalue weighted by atomic mass is 32.2. The Balaban J connectivity index is 1.86. The summed E-state index contributed by atoms with van der Waals surface area (Å²) in [6, 6.07) is 6.65. The van der Waals surface area contributed by atoms with Gasteiger partial charge >= 0.3 is 6.01 Å². The molecule has 7 heteroatoms. The molecule has 0 amide bonds. The summed E-state index contributed by atoms with van der Waals surface area (Å²) in [6.45, 7) is 1.73. The van der Waals surface area contributed by atoms with Crippen LogP contribution in [0.5, 0.6) is 0 Å². The Morgan fingerprint density at radius 3 is 2.68 bits per heavy atom. The van der Waals surface area contributed by atoms with Crippen LogP contribution in [0.25, 0.3) is 0 Å². The molecule has 0 atom stereocenters. The van der Waals surface area contributed by atoms with Gasteiger partial charge in [0.15, 0.2) is 0 Å². The highest BCUT2D eigenvalue weighted by molar-refractivity contribution is 7.92. The second-order valence-corrected chi connectivity index (χ2v) is 6.24. The first-order valence-electron chi connectivity index (χ1n) is 5.98. The number of hydrogen-bond donors (Lipinski definition) is 1. The number of benzene rings is 1. The average molecular weight is 279 g/mol. The Hall–Kier alpha value is -1.89. The molecular formula is C12H13N3O3S. The van der Waals surface area contributed by atoms with E-state index in [1.54, 1.807) is 25.1 Å². The highest BCUT2D eigenvalue weighted by Crippen LogP contribution is 2.39. The van der Waals surface area contributed by atoms with Gasteiger partial charge in [0.2, 0.25) is 5.89 Å². The maximum Gasteiger partial charge on any atom is 0.329 e. The first kappa shape index (κ1) is 12.2. The molecule has 0 unspecified atom stereocenters. The first-order chi connectivity index (χ1) is 9.06. The van der Waals surface area contributed by atoms with Gasteiger partial charge in [0, 0.05) is 5.92 Å². The van der Waals surface area contributed by atoms with Crippen LogP contribution >= 0.6 is 0 Å². The number of sulfonamides is 1. The lowest BCUT2D eigenvalue weighted by atomic mass is 10.2. The Bertz CT molecular complexity index is 705. The zero-order chi connectivity index (χ0) is 13.5. The third-order valence-corrected chi connectivity index (χ3v) is 4.45. The molecule has 1 N–H and O–H groups in total. The van der Waals surface area contributed by atoms with Crippen LogP contribution in [0.15, 0.2) is 33.6 Å². The smallest absolute Gasteiger partial charge is 0.329 e. The first-order valence-corrected chi connectivity index (χ1v) is 7.46. The van der Waals surface area contributed by atoms with E-state index in [0.717, 1.165) is 12.8 Å². The van der Waals surface area contributed by atoms with Crippen LogP contribution in [0.4, 0.5) is 6.01 Å². The Kier molecular flexibility index (Phi) is 2.78. The lowest BCUT2D eigenvalue weighted by molar-refractivity contribution is 0.510. The molecule has 1 aliphatic rings. The van der Waals surface area contributed by atoms with E-state index < -0.39 is 10.0 Å². The van der Waals surface area contributed by atoms with E-state index in [9.17, 15) is 8.42 Å². The van der Waals surface area contributed by atoms with E-state index in [4.69, 9.17) is 4.42 Å². The Morgan fingerprint density at radius 2 is 2.00 bits per heavy atom. The highest BCUT2D eigenvalue weighted by Gasteiger charge is 2.30. The van der Waals surface area contributed by atoms with Gasteiger partial charge in [0.25, 0.3) is 10.0 Å². The fraction of sp³-hybridized carbons (Fsp3) is 0.333. The number of aryl methyl sites for hydroxylation is 1. The van der Waals surface area contributed by atoms with E-state index >= 15 is 0 Å². The van der Waals surface area contributed by atoms with Gasteiger partial charge in [0.1, 0.15) is 0 Å². The number of aromatic nitrogens is 2. The Labute approximate surface area is 110 Å². The second-order valence-electron chi connectivity index (χ2n) is 4.59. The summed E-state index contributed by atoms with van der Waals surface area (Å²) >= 11 is 0. The molecule has 0 aliphatic heterocycles. The SMILES string of the molecule is Cc1ccccc1S(=O)(=O)Nc1nnc(C2CC2)o1. The zero-order valence-electron chi connectivity index (χ0n) is 10.3. The molecule has 0 saturated heterocycles. The van der Waals surface area contributed by atoms with Crippen molar-refractivity contribution < 1.29 is 12.8 Å². The van der Waals surface area contributed by atoms with Crippen LogP contribution in [0, 0.1) is 6.92 Å². The normalized spacial score (nSPS) is 15.4. The fourth-order valence-electron chi connectivity index (χ4n) is 1.80. The molecule has 1 fully saturated rings. The topological polar surface area (TPSA) is 85.1 Å². The van der Waals surface area contributed by atoms with E-state index in [1.165, 1.54) is 6.07 Å². The molecule has 19 heavy (non-hydrogen) atoms. The largest absolute Gasteiger partial charge is 0.407 e. The van der Waals surface area contributed by atoms with Crippen molar-refractivity contribution in [2.24, 2.45) is 0 Å². The zero-order valence-corrected chi connectivity index (χ0v) is 11.1. The van der Waals surface area contributed by atoms with Crippen molar-refractivity contribution in [2.75, 3.05) is 4.72 Å². The van der Waals surface area contributed by atoms with Crippen LogP contribution in [-0.4, -0.2) is 18.6 Å². The predicted molar refractivity (Wildman–Crippen MR) is 68.3 cm³/mol. The molecule has 6 nitrogen and oxygen atoms in total. The molecule has 1 aromatic carbocycles. The Morgan fingerprint density at radius 1 is 1.26 bits per heavy atom. The summed E-state index contributed by atoms with van der Waals surface area (Å²) < 4.78 is 32.0. The number of nitrogens with zero attached hydrogens (tertiary/aromatic N) is 2. The van der Waals surface area contributed by atoms with Gasteiger partial charge < -0.3 is 4.42 Å². The molecule has 2 aromatic rings. The van der Waals surface area contributed by atoms with Crippen molar-refractivity contribution >= 4 is 16.0 Å². The average Bonchev–Trinajstić information content (AvgIpc) is 3.11. The summed E-state index contributed by atoms with van der Waals surface area (Å²) in [5.41, 5.74) is 0.664. The van der Waals surface area contributed by atoms with Gasteiger partial charge in [0.05, 0.1) is 4.90 Å². The van der Waals surface area contributed by atoms with Crippen molar-refractivity contribution in [3.8, 4) is 0 Å². The summed E-state index contributed by atoms with van der Waals surface area (Å²) in [5.74, 6) is 0.798. The molecule has 1 saturated carbocycles. The molecular weight excluding hydrogens is 266 g/mol. The molecule has 1 heterocycles. The second kappa shape index (κ2) is 4.34. The molecule has 0 radical (unpaired) electrons. The third kappa shape index (κ3) is 2.46. The van der Waals surface area contributed by atoms with E-state index in [2.05, 4.69) is 14.9 Å². The van der Waals surface area contributed by atoms with Gasteiger partial charge in [-0.2, -0.15) is 0 Å². The van der Waals surface area contributed by atoms with Gasteiger partial charge in [-0.05, 0) is 31.4 Å². The van der Waals surface area contributed by atoms with Crippen molar-refractivity contribution in [2.45, 2.75) is 30.6 Å². The molecule has 1 aliphatic carbocycles. The summed E-state index contributed by atoms with van der Waals surface area (Å²) in [6.07, 6.45) is 2.04. The van der Waals surface area contributed by atoms with Crippen molar-refractivity contribution in [1.29, 1.82) is 0 Å². The van der Waals surface area contributed by atoms with Gasteiger partial charge in [-0.25, -0.2) is 13.1 Å². The van der Waals surface area contributed by atoms with Crippen LogP contribution in [0.3, 0.4) is 0 Å². The number of anilines is 1. The molecule has 0 spiro atoms. The van der Waals surface area contributed by atoms with Crippen LogP contribution < -0.4 is 4.72 Å². The van der Waals surface area contributed by atoms with Crippen molar-refractivity contribution in [3.63, 3.8) is 0 Å². The standard InChI is InChI=1S/C12H13N3O3S/c1-8-4-2-3-5-10(8)19(16,17)15-12-14-13-11(18-12)9-6-7-9/h2-5,9H,6-7H2,1H3,(H,14,15). The minimum absolute atomic E-state index is 0.0786. The lowest BCUT2D eigenvalue weighted by Gasteiger charge is -2.06. The van der Waals surface area contributed by atoms with Gasteiger partial charge in [-0.15, -0.1) is 5.10 Å². The molecule has 100 valence electrons. The maximum atomic E-state index is 12.2. The summed E-state index contributed by atoms with van der Waals surface area (Å²) in [7, 11) is -3.68. The van der Waals surface area contributed by atoms with Gasteiger partial charge in [-0.1, -0.05) is 23.3 Å². The molecule has 1 aromatic heterocycles. The minimum Gasteiger partial charge on any atom is -0.407 e. The van der Waals surface area contributed by atoms with Crippen molar-refractivity contribution in [1.82, 2.24) is 10.2 Å². The fourth-order valence-corrected chi connectivity index (χ4v) is 2.97. The van der Waals surface area contributed by atoms with Crippen LogP contribution in [0.1, 0.15) is 30.2 Å². The van der Waals surface area contributed by atoms with Crippen LogP contribution in [0.2, 0.25) is 0 Å². The van der Waals surface area contributed by atoms with Crippen molar-refractivity contribution in [3.05, 3.63) is 35.7 Å². The van der Waals surface area contributed by atoms with Crippen LogP contribution in [-0.2, 0) is 10.0 Å². The monoisotopic (exact) mass is 279 g/mol. The summed E-state index contributed by atoms with van der Waals surface area (Å²) in [5, 5.41) is 7.55. The lowest BCUT2D eigenvalue weighted by Crippen LogP contribution is -2.14. The molecule has 0 bridgehead atoms. The number of nitrogens with one attached hydrogen (secondary N) is 1. The maximum absolute atomic E-state index is 12.2. The van der Waals surface area contributed by atoms with E-state index in [0.29, 0.717) is 17.4 Å². The number of rotatable bonds is 4. The van der Waals surface area contributed by atoms with E-state index in [-0.39, 0.29) is 10.9 Å². The quantitative estimate of drug-likeness (QED) is 0.925. The third-order valence-electron chi connectivity index (χ3n) is 2.97. The van der Waals surface area contributed by atoms with E-state index in [1.807, 2.05) is 0 Å². The molecule has 3 rings (SSSR count). The summed E-state index contributed by atoms with van der Waals surface area (Å²) in [4.78, 5) is 0.209. The van der Waals surface area contributed by atoms with Gasteiger partial charge in [-0.3, -0.25) is 0 Å². The number of hydrogen-bond acceptors (Lipinski definition) is 5.